The Morgan fingerprint density at radius 2 is 1.88 bits per heavy atom. The van der Waals surface area contributed by atoms with E-state index in [1.165, 1.54) is 12.1 Å². The molecule has 1 saturated heterocycles. The normalized spacial score (nSPS) is 15.7. The molecule has 1 aromatic heterocycles. The number of nitrogens with zero attached hydrogens (tertiary/aromatic N) is 4. The number of aryl methyl sites for hydroxylation is 1. The summed E-state index contributed by atoms with van der Waals surface area (Å²) in [5.74, 6) is 1.05. The molecular formula is C17H21FN4O2. The summed E-state index contributed by atoms with van der Waals surface area (Å²) in [4.78, 5) is 16.5. The lowest BCUT2D eigenvalue weighted by molar-refractivity contribution is -0.132. The van der Waals surface area contributed by atoms with E-state index in [0.29, 0.717) is 31.3 Å². The quantitative estimate of drug-likeness (QED) is 0.829. The van der Waals surface area contributed by atoms with Gasteiger partial charge in [-0.15, -0.1) is 10.2 Å². The van der Waals surface area contributed by atoms with Crippen LogP contribution in [0.4, 0.5) is 4.39 Å². The van der Waals surface area contributed by atoms with Crippen molar-refractivity contribution < 1.29 is 13.6 Å². The van der Waals surface area contributed by atoms with Gasteiger partial charge in [-0.2, -0.15) is 0 Å². The molecule has 1 fully saturated rings. The first-order valence-electron chi connectivity index (χ1n) is 8.14. The topological polar surface area (TPSA) is 62.5 Å². The monoisotopic (exact) mass is 332 g/mol. The fourth-order valence-electron chi connectivity index (χ4n) is 2.80. The summed E-state index contributed by atoms with van der Waals surface area (Å²) in [6.07, 6.45) is 1.05. The van der Waals surface area contributed by atoms with Gasteiger partial charge in [-0.3, -0.25) is 9.69 Å². The van der Waals surface area contributed by atoms with Crippen molar-refractivity contribution in [3.8, 4) is 0 Å². The van der Waals surface area contributed by atoms with Crippen LogP contribution < -0.4 is 0 Å². The molecule has 0 atom stereocenters. The molecule has 2 heterocycles. The summed E-state index contributed by atoms with van der Waals surface area (Å²) in [6, 6.07) is 6.10. The lowest BCUT2D eigenvalue weighted by Gasteiger charge is -2.34. The lowest BCUT2D eigenvalue weighted by atomic mass is 10.1. The number of carbonyl (C=O) groups is 1. The molecule has 6 nitrogen and oxygen atoms in total. The largest absolute Gasteiger partial charge is 0.426 e. The Balaban J connectivity index is 1.42. The van der Waals surface area contributed by atoms with Gasteiger partial charge in [-0.1, -0.05) is 12.1 Å². The molecule has 0 spiro atoms. The van der Waals surface area contributed by atoms with Crippen LogP contribution in [-0.4, -0.2) is 58.6 Å². The molecule has 0 aliphatic carbocycles. The second-order valence-corrected chi connectivity index (χ2v) is 5.99. The zero-order valence-electron chi connectivity index (χ0n) is 13.7. The first-order valence-corrected chi connectivity index (χ1v) is 8.14. The summed E-state index contributed by atoms with van der Waals surface area (Å²) in [6.45, 7) is 5.72. The third-order valence-corrected chi connectivity index (χ3v) is 4.20. The van der Waals surface area contributed by atoms with E-state index >= 15 is 0 Å². The van der Waals surface area contributed by atoms with Gasteiger partial charge in [0.05, 0.1) is 6.42 Å². The van der Waals surface area contributed by atoms with E-state index in [9.17, 15) is 9.18 Å². The molecule has 1 aliphatic heterocycles. The molecule has 128 valence electrons. The predicted octanol–water partition coefficient (Wildman–Crippen LogP) is 1.45. The third-order valence-electron chi connectivity index (χ3n) is 4.20. The van der Waals surface area contributed by atoms with Gasteiger partial charge >= 0.3 is 0 Å². The molecule has 2 aromatic rings. The maximum absolute atomic E-state index is 12.9. The van der Waals surface area contributed by atoms with Crippen LogP contribution in [0.3, 0.4) is 0 Å². The van der Waals surface area contributed by atoms with Crippen LogP contribution in [0.15, 0.2) is 28.7 Å². The maximum atomic E-state index is 12.9. The molecule has 1 amide bonds. The Kier molecular flexibility index (Phi) is 5.20. The van der Waals surface area contributed by atoms with Crippen molar-refractivity contribution in [1.29, 1.82) is 0 Å². The van der Waals surface area contributed by atoms with Crippen molar-refractivity contribution in [1.82, 2.24) is 20.0 Å². The molecule has 7 heteroatoms. The van der Waals surface area contributed by atoms with Crippen LogP contribution in [0, 0.1) is 12.7 Å². The van der Waals surface area contributed by atoms with E-state index in [4.69, 9.17) is 4.42 Å². The molecule has 0 N–H and O–H groups in total. The van der Waals surface area contributed by atoms with E-state index in [1.54, 1.807) is 19.1 Å². The predicted molar refractivity (Wildman–Crippen MR) is 85.9 cm³/mol. The van der Waals surface area contributed by atoms with Crippen molar-refractivity contribution in [3.63, 3.8) is 0 Å². The van der Waals surface area contributed by atoms with Gasteiger partial charge in [0.1, 0.15) is 5.82 Å². The number of piperazine rings is 1. The van der Waals surface area contributed by atoms with Crippen molar-refractivity contribution >= 4 is 5.91 Å². The standard InChI is InChI=1S/C17H21FN4O2/c1-13-19-20-16(24-13)6-7-21-8-10-22(11-9-21)17(23)12-14-2-4-15(18)5-3-14/h2-5H,6-12H2,1H3. The van der Waals surface area contributed by atoms with Crippen LogP contribution in [0.2, 0.25) is 0 Å². The zero-order valence-corrected chi connectivity index (χ0v) is 13.7. The molecular weight excluding hydrogens is 311 g/mol. The molecule has 1 aliphatic rings. The Hall–Kier alpha value is -2.28. The number of amides is 1. The van der Waals surface area contributed by atoms with Crippen molar-refractivity contribution in [2.24, 2.45) is 0 Å². The Bertz CT molecular complexity index is 678. The van der Waals surface area contributed by atoms with E-state index in [2.05, 4.69) is 15.1 Å². The first-order chi connectivity index (χ1) is 11.6. The van der Waals surface area contributed by atoms with Crippen LogP contribution >= 0.6 is 0 Å². The number of benzene rings is 1. The number of carbonyl (C=O) groups excluding carboxylic acids is 1. The van der Waals surface area contributed by atoms with Gasteiger partial charge in [0.25, 0.3) is 0 Å². The molecule has 0 unspecified atom stereocenters. The lowest BCUT2D eigenvalue weighted by Crippen LogP contribution is -2.49. The molecule has 24 heavy (non-hydrogen) atoms. The van der Waals surface area contributed by atoms with Gasteiger partial charge < -0.3 is 9.32 Å². The molecule has 0 bridgehead atoms. The summed E-state index contributed by atoms with van der Waals surface area (Å²) < 4.78 is 18.3. The molecule has 3 rings (SSSR count). The fraction of sp³-hybridized carbons (Fsp3) is 0.471. The van der Waals surface area contributed by atoms with Gasteiger partial charge in [-0.25, -0.2) is 4.39 Å². The molecule has 0 saturated carbocycles. The Labute approximate surface area is 140 Å². The molecule has 1 aromatic carbocycles. The second kappa shape index (κ2) is 7.53. The minimum Gasteiger partial charge on any atom is -0.426 e. The number of aromatic nitrogens is 2. The fourth-order valence-corrected chi connectivity index (χ4v) is 2.80. The highest BCUT2D eigenvalue weighted by Crippen LogP contribution is 2.09. The third kappa shape index (κ3) is 4.38. The average Bonchev–Trinajstić information content (AvgIpc) is 3.01. The van der Waals surface area contributed by atoms with E-state index in [-0.39, 0.29) is 11.7 Å². The van der Waals surface area contributed by atoms with E-state index < -0.39 is 0 Å². The highest BCUT2D eigenvalue weighted by atomic mass is 19.1. The summed E-state index contributed by atoms with van der Waals surface area (Å²) >= 11 is 0. The summed E-state index contributed by atoms with van der Waals surface area (Å²) in [5.41, 5.74) is 0.843. The van der Waals surface area contributed by atoms with Crippen LogP contribution in [0.25, 0.3) is 0 Å². The number of hydrogen-bond donors (Lipinski definition) is 0. The van der Waals surface area contributed by atoms with Gasteiger partial charge in [0, 0.05) is 46.1 Å². The smallest absolute Gasteiger partial charge is 0.227 e. The van der Waals surface area contributed by atoms with E-state index in [0.717, 1.165) is 31.6 Å². The molecule has 0 radical (unpaired) electrons. The van der Waals surface area contributed by atoms with Crippen LogP contribution in [0.5, 0.6) is 0 Å². The minimum absolute atomic E-state index is 0.0915. The number of rotatable bonds is 5. The average molecular weight is 332 g/mol. The minimum atomic E-state index is -0.281. The Morgan fingerprint density at radius 1 is 1.17 bits per heavy atom. The maximum Gasteiger partial charge on any atom is 0.227 e. The van der Waals surface area contributed by atoms with Gasteiger partial charge in [-0.05, 0) is 17.7 Å². The SMILES string of the molecule is Cc1nnc(CCN2CCN(C(=O)Cc3ccc(F)cc3)CC2)o1. The summed E-state index contributed by atoms with van der Waals surface area (Å²) in [5, 5.41) is 7.81. The van der Waals surface area contributed by atoms with E-state index in [1.807, 2.05) is 4.90 Å². The van der Waals surface area contributed by atoms with Crippen LogP contribution in [0.1, 0.15) is 17.3 Å². The summed E-state index contributed by atoms with van der Waals surface area (Å²) in [7, 11) is 0. The van der Waals surface area contributed by atoms with Crippen LogP contribution in [-0.2, 0) is 17.6 Å². The Morgan fingerprint density at radius 3 is 2.50 bits per heavy atom. The highest BCUT2D eigenvalue weighted by molar-refractivity contribution is 5.78. The first kappa shape index (κ1) is 16.6. The van der Waals surface area contributed by atoms with Gasteiger partial charge in [0.15, 0.2) is 0 Å². The van der Waals surface area contributed by atoms with Gasteiger partial charge in [0.2, 0.25) is 17.7 Å². The highest BCUT2D eigenvalue weighted by Gasteiger charge is 2.21. The van der Waals surface area contributed by atoms with Crippen molar-refractivity contribution in [2.75, 3.05) is 32.7 Å². The zero-order chi connectivity index (χ0) is 16.9. The number of halogens is 1. The van der Waals surface area contributed by atoms with Crippen molar-refractivity contribution in [2.45, 2.75) is 19.8 Å². The number of hydrogen-bond acceptors (Lipinski definition) is 5. The second-order valence-electron chi connectivity index (χ2n) is 5.99. The van der Waals surface area contributed by atoms with Crippen molar-refractivity contribution in [3.05, 3.63) is 47.4 Å².